The molecule has 27 heavy (non-hydrogen) atoms. The molecule has 5 heteroatoms. The molecule has 0 amide bonds. The fraction of sp³-hybridized carbons (Fsp3) is 0.273. The number of hydrogen-bond donors (Lipinski definition) is 0. The molecule has 0 fully saturated rings. The van der Waals surface area contributed by atoms with E-state index in [1.807, 2.05) is 60.5 Å². The van der Waals surface area contributed by atoms with Crippen molar-refractivity contribution in [1.82, 2.24) is 15.0 Å². The fourth-order valence-electron chi connectivity index (χ4n) is 3.56. The Hall–Kier alpha value is -3.08. The van der Waals surface area contributed by atoms with Crippen LogP contribution in [0.25, 0.3) is 11.5 Å². The van der Waals surface area contributed by atoms with Crippen molar-refractivity contribution in [1.29, 1.82) is 0 Å². The van der Waals surface area contributed by atoms with Crippen molar-refractivity contribution in [2.24, 2.45) is 0 Å². The van der Waals surface area contributed by atoms with E-state index in [1.54, 1.807) is 6.20 Å². The summed E-state index contributed by atoms with van der Waals surface area (Å²) in [6, 6.07) is 15.6. The second-order valence-corrected chi connectivity index (χ2v) is 6.92. The van der Waals surface area contributed by atoms with Gasteiger partial charge in [0.1, 0.15) is 11.5 Å². The van der Waals surface area contributed by atoms with E-state index in [9.17, 15) is 4.79 Å². The van der Waals surface area contributed by atoms with Gasteiger partial charge in [0.2, 0.25) is 0 Å². The second kappa shape index (κ2) is 7.66. The molecule has 0 N–H and O–H groups in total. The van der Waals surface area contributed by atoms with Gasteiger partial charge in [-0.25, -0.2) is 9.97 Å². The minimum absolute atomic E-state index is 0.174. The number of rotatable bonds is 6. The summed E-state index contributed by atoms with van der Waals surface area (Å²) < 4.78 is 0. The van der Waals surface area contributed by atoms with Gasteiger partial charge in [0.25, 0.3) is 0 Å². The van der Waals surface area contributed by atoms with E-state index < -0.39 is 0 Å². The van der Waals surface area contributed by atoms with Crippen molar-refractivity contribution < 1.29 is 4.79 Å². The Bertz CT molecular complexity index is 941. The van der Waals surface area contributed by atoms with E-state index in [0.29, 0.717) is 18.8 Å². The Kier molecular flexibility index (Phi) is 4.92. The smallest absolute Gasteiger partial charge is 0.180 e. The lowest BCUT2D eigenvalue weighted by molar-refractivity contribution is -0.117. The van der Waals surface area contributed by atoms with Crippen molar-refractivity contribution in [2.75, 3.05) is 18.5 Å². The Balaban J connectivity index is 1.58. The van der Waals surface area contributed by atoms with Crippen molar-refractivity contribution in [3.8, 4) is 11.5 Å². The lowest BCUT2D eigenvalue weighted by Crippen LogP contribution is -2.28. The van der Waals surface area contributed by atoms with Gasteiger partial charge in [0.15, 0.2) is 11.6 Å². The number of likely N-dealkylation sites (N-methyl/N-ethyl adjacent to an activating group) is 1. The highest BCUT2D eigenvalue weighted by atomic mass is 16.1. The van der Waals surface area contributed by atoms with Crippen LogP contribution >= 0.6 is 0 Å². The van der Waals surface area contributed by atoms with Gasteiger partial charge in [-0.15, -0.1) is 0 Å². The number of pyridine rings is 1. The van der Waals surface area contributed by atoms with Crippen LogP contribution in [0.3, 0.4) is 0 Å². The monoisotopic (exact) mass is 358 g/mol. The summed E-state index contributed by atoms with van der Waals surface area (Å²) in [5, 5.41) is 0. The lowest BCUT2D eigenvalue weighted by atomic mass is 10.1. The molecular weight excluding hydrogens is 336 g/mol. The summed E-state index contributed by atoms with van der Waals surface area (Å²) in [6.07, 6.45) is 5.18. The topological polar surface area (TPSA) is 59.0 Å². The third-order valence-electron chi connectivity index (χ3n) is 4.82. The van der Waals surface area contributed by atoms with E-state index >= 15 is 0 Å². The average Bonchev–Trinajstić information content (AvgIpc) is 3.17. The molecule has 0 bridgehead atoms. The number of nitrogens with zero attached hydrogens (tertiary/aromatic N) is 4. The minimum atomic E-state index is 0.174. The molecule has 136 valence electrons. The Labute approximate surface area is 159 Å². The molecule has 0 unspecified atom stereocenters. The van der Waals surface area contributed by atoms with Gasteiger partial charge in [-0.05, 0) is 37.0 Å². The predicted octanol–water partition coefficient (Wildman–Crippen LogP) is 3.28. The summed E-state index contributed by atoms with van der Waals surface area (Å²) in [4.78, 5) is 28.4. The van der Waals surface area contributed by atoms with Crippen LogP contribution in [0.15, 0.2) is 54.7 Å². The summed E-state index contributed by atoms with van der Waals surface area (Å²) >= 11 is 0. The molecule has 0 spiro atoms. The van der Waals surface area contributed by atoms with Gasteiger partial charge in [-0.2, -0.15) is 0 Å². The van der Waals surface area contributed by atoms with Crippen LogP contribution in [-0.2, 0) is 24.1 Å². The first kappa shape index (κ1) is 17.3. The molecule has 1 aliphatic carbocycles. The van der Waals surface area contributed by atoms with E-state index in [2.05, 4.69) is 4.98 Å². The molecule has 0 saturated heterocycles. The molecule has 5 nitrogen and oxygen atoms in total. The van der Waals surface area contributed by atoms with Crippen molar-refractivity contribution in [2.45, 2.75) is 25.7 Å². The van der Waals surface area contributed by atoms with Crippen molar-refractivity contribution in [3.05, 3.63) is 71.5 Å². The van der Waals surface area contributed by atoms with Gasteiger partial charge in [-0.1, -0.05) is 36.4 Å². The minimum Gasteiger partial charge on any atom is -0.352 e. The Morgan fingerprint density at radius 2 is 1.85 bits per heavy atom. The molecule has 0 saturated carbocycles. The number of carbonyl (C=O) groups is 1. The summed E-state index contributed by atoms with van der Waals surface area (Å²) in [7, 11) is 1.94. The van der Waals surface area contributed by atoms with Gasteiger partial charge in [-0.3, -0.25) is 9.78 Å². The van der Waals surface area contributed by atoms with Crippen LogP contribution in [0, 0.1) is 0 Å². The first-order chi connectivity index (χ1) is 13.2. The average molecular weight is 358 g/mol. The maximum Gasteiger partial charge on any atom is 0.180 e. The number of aryl methyl sites for hydroxylation is 1. The highest BCUT2D eigenvalue weighted by molar-refractivity contribution is 5.85. The van der Waals surface area contributed by atoms with Crippen LogP contribution in [0.5, 0.6) is 0 Å². The summed E-state index contributed by atoms with van der Waals surface area (Å²) in [5.74, 6) is 1.67. The molecule has 2 aromatic heterocycles. The zero-order valence-electron chi connectivity index (χ0n) is 15.4. The zero-order chi connectivity index (χ0) is 18.6. The van der Waals surface area contributed by atoms with Crippen LogP contribution < -0.4 is 4.90 Å². The second-order valence-electron chi connectivity index (χ2n) is 6.92. The number of benzene rings is 1. The molecule has 0 radical (unpaired) electrons. The number of Topliss-reactive ketones (excluding diaryl/α,β-unsaturated/α-hetero) is 1. The molecule has 4 rings (SSSR count). The fourth-order valence-corrected chi connectivity index (χ4v) is 3.56. The first-order valence-corrected chi connectivity index (χ1v) is 9.28. The third-order valence-corrected chi connectivity index (χ3v) is 4.82. The van der Waals surface area contributed by atoms with Gasteiger partial charge >= 0.3 is 0 Å². The van der Waals surface area contributed by atoms with E-state index in [-0.39, 0.29) is 5.78 Å². The third kappa shape index (κ3) is 3.87. The first-order valence-electron chi connectivity index (χ1n) is 9.28. The maximum atomic E-state index is 12.6. The van der Waals surface area contributed by atoms with Crippen molar-refractivity contribution in [3.63, 3.8) is 0 Å². The Morgan fingerprint density at radius 3 is 2.63 bits per heavy atom. The number of anilines is 1. The number of aromatic nitrogens is 3. The van der Waals surface area contributed by atoms with Crippen LogP contribution in [0.4, 0.5) is 5.82 Å². The zero-order valence-corrected chi connectivity index (χ0v) is 15.4. The number of carbonyl (C=O) groups excluding carboxylic acids is 1. The predicted molar refractivity (Wildman–Crippen MR) is 106 cm³/mol. The number of fused-ring (bicyclic) bond motifs is 1. The standard InChI is InChI=1S/C22H22N4O/c1-26(15-17(27)14-16-8-3-2-4-9-16)22-18-10-7-12-19(18)24-21(25-22)20-11-5-6-13-23-20/h2-6,8-9,11,13H,7,10,12,14-15H2,1H3. The van der Waals surface area contributed by atoms with Gasteiger partial charge in [0.05, 0.1) is 6.54 Å². The highest BCUT2D eigenvalue weighted by Gasteiger charge is 2.23. The largest absolute Gasteiger partial charge is 0.352 e. The van der Waals surface area contributed by atoms with Crippen LogP contribution in [0.2, 0.25) is 0 Å². The lowest BCUT2D eigenvalue weighted by Gasteiger charge is -2.21. The Morgan fingerprint density at radius 1 is 1.04 bits per heavy atom. The molecule has 3 aromatic rings. The van der Waals surface area contributed by atoms with Gasteiger partial charge < -0.3 is 4.90 Å². The van der Waals surface area contributed by atoms with E-state index in [0.717, 1.165) is 42.0 Å². The normalized spacial score (nSPS) is 12.6. The van der Waals surface area contributed by atoms with Crippen molar-refractivity contribution >= 4 is 11.6 Å². The van der Waals surface area contributed by atoms with Crippen LogP contribution in [0.1, 0.15) is 23.2 Å². The molecular formula is C22H22N4O. The molecule has 1 aromatic carbocycles. The number of ketones is 1. The molecule has 0 aliphatic heterocycles. The molecule has 1 aliphatic rings. The number of hydrogen-bond acceptors (Lipinski definition) is 5. The summed E-state index contributed by atoms with van der Waals surface area (Å²) in [6.45, 7) is 0.333. The van der Waals surface area contributed by atoms with Gasteiger partial charge in [0, 0.05) is 30.9 Å². The molecule has 0 atom stereocenters. The van der Waals surface area contributed by atoms with E-state index in [4.69, 9.17) is 9.97 Å². The SMILES string of the molecule is CN(CC(=O)Cc1ccccc1)c1nc(-c2ccccn2)nc2c1CCC2. The van der Waals surface area contributed by atoms with Crippen LogP contribution in [-0.4, -0.2) is 34.3 Å². The quantitative estimate of drug-likeness (QED) is 0.677. The molecule has 2 heterocycles. The maximum absolute atomic E-state index is 12.6. The summed E-state index contributed by atoms with van der Waals surface area (Å²) in [5.41, 5.74) is 4.06. The van der Waals surface area contributed by atoms with E-state index in [1.165, 1.54) is 5.56 Å². The highest BCUT2D eigenvalue weighted by Crippen LogP contribution is 2.30.